The lowest BCUT2D eigenvalue weighted by Gasteiger charge is -2.40. The minimum Gasteiger partial charge on any atom is -0.370 e. The SMILES string of the molecule is CCC1CN(c2ccc(C(C)C)nc2)C1. The van der Waals surface area contributed by atoms with E-state index in [1.54, 1.807) is 0 Å². The van der Waals surface area contributed by atoms with Gasteiger partial charge in [-0.2, -0.15) is 0 Å². The lowest BCUT2D eigenvalue weighted by molar-refractivity contribution is 0.398. The van der Waals surface area contributed by atoms with E-state index in [9.17, 15) is 0 Å². The Kier molecular flexibility index (Phi) is 2.94. The monoisotopic (exact) mass is 204 g/mol. The molecule has 0 radical (unpaired) electrons. The predicted octanol–water partition coefficient (Wildman–Crippen LogP) is 3.05. The van der Waals surface area contributed by atoms with Crippen molar-refractivity contribution >= 4 is 5.69 Å². The molecule has 0 N–H and O–H groups in total. The molecule has 0 unspecified atom stereocenters. The van der Waals surface area contributed by atoms with Crippen molar-refractivity contribution in [3.63, 3.8) is 0 Å². The molecule has 1 fully saturated rings. The smallest absolute Gasteiger partial charge is 0.0553 e. The second kappa shape index (κ2) is 4.21. The van der Waals surface area contributed by atoms with Gasteiger partial charge in [-0.3, -0.25) is 4.98 Å². The van der Waals surface area contributed by atoms with Gasteiger partial charge in [-0.1, -0.05) is 20.8 Å². The van der Waals surface area contributed by atoms with Gasteiger partial charge >= 0.3 is 0 Å². The van der Waals surface area contributed by atoms with Crippen LogP contribution in [0.2, 0.25) is 0 Å². The molecule has 0 aromatic carbocycles. The fourth-order valence-electron chi connectivity index (χ4n) is 1.96. The van der Waals surface area contributed by atoms with E-state index in [1.165, 1.54) is 30.9 Å². The van der Waals surface area contributed by atoms with Crippen molar-refractivity contribution in [3.8, 4) is 0 Å². The van der Waals surface area contributed by atoms with Gasteiger partial charge in [0.05, 0.1) is 11.9 Å². The summed E-state index contributed by atoms with van der Waals surface area (Å²) in [5.74, 6) is 1.42. The van der Waals surface area contributed by atoms with Gasteiger partial charge in [0.2, 0.25) is 0 Å². The zero-order valence-electron chi connectivity index (χ0n) is 9.90. The standard InChI is InChI=1S/C13H20N2/c1-4-11-8-15(9-11)12-5-6-13(10(2)3)14-7-12/h5-7,10-11H,4,8-9H2,1-3H3. The maximum absolute atomic E-state index is 4.49. The van der Waals surface area contributed by atoms with Crippen LogP contribution in [0.4, 0.5) is 5.69 Å². The number of nitrogens with zero attached hydrogens (tertiary/aromatic N) is 2. The lowest BCUT2D eigenvalue weighted by Crippen LogP contribution is -2.46. The van der Waals surface area contributed by atoms with Crippen LogP contribution in [0, 0.1) is 5.92 Å². The minimum atomic E-state index is 0.527. The van der Waals surface area contributed by atoms with E-state index in [0.717, 1.165) is 5.92 Å². The average Bonchev–Trinajstić information content (AvgIpc) is 2.17. The number of rotatable bonds is 3. The minimum absolute atomic E-state index is 0.527. The molecule has 2 heteroatoms. The summed E-state index contributed by atoms with van der Waals surface area (Å²) in [6.07, 6.45) is 3.31. The number of pyridine rings is 1. The summed E-state index contributed by atoms with van der Waals surface area (Å²) in [7, 11) is 0. The van der Waals surface area contributed by atoms with E-state index in [1.807, 2.05) is 6.20 Å². The summed E-state index contributed by atoms with van der Waals surface area (Å²) >= 11 is 0. The Balaban J connectivity index is 1.99. The Hall–Kier alpha value is -1.05. The molecule has 1 saturated heterocycles. The van der Waals surface area contributed by atoms with Gasteiger partial charge in [-0.05, 0) is 30.4 Å². The van der Waals surface area contributed by atoms with Crippen molar-refractivity contribution in [1.82, 2.24) is 4.98 Å². The fourth-order valence-corrected chi connectivity index (χ4v) is 1.96. The Bertz CT molecular complexity index is 310. The van der Waals surface area contributed by atoms with Gasteiger partial charge in [-0.15, -0.1) is 0 Å². The third-order valence-corrected chi connectivity index (χ3v) is 3.26. The van der Waals surface area contributed by atoms with E-state index < -0.39 is 0 Å². The average molecular weight is 204 g/mol. The summed E-state index contributed by atoms with van der Waals surface area (Å²) < 4.78 is 0. The van der Waals surface area contributed by atoms with Crippen molar-refractivity contribution in [2.75, 3.05) is 18.0 Å². The molecule has 15 heavy (non-hydrogen) atoms. The predicted molar refractivity (Wildman–Crippen MR) is 64.3 cm³/mol. The first-order valence-electron chi connectivity index (χ1n) is 5.91. The Morgan fingerprint density at radius 1 is 1.40 bits per heavy atom. The summed E-state index contributed by atoms with van der Waals surface area (Å²) in [6, 6.07) is 4.35. The van der Waals surface area contributed by atoms with Crippen molar-refractivity contribution < 1.29 is 0 Å². The number of hydrogen-bond donors (Lipinski definition) is 0. The van der Waals surface area contributed by atoms with E-state index >= 15 is 0 Å². The van der Waals surface area contributed by atoms with Crippen molar-refractivity contribution in [2.45, 2.75) is 33.1 Å². The molecule has 2 nitrogen and oxygen atoms in total. The highest BCUT2D eigenvalue weighted by atomic mass is 15.2. The van der Waals surface area contributed by atoms with E-state index in [4.69, 9.17) is 0 Å². The molecule has 0 aliphatic carbocycles. The maximum Gasteiger partial charge on any atom is 0.0553 e. The molecular formula is C13H20N2. The number of aromatic nitrogens is 1. The Morgan fingerprint density at radius 2 is 2.13 bits per heavy atom. The Morgan fingerprint density at radius 3 is 2.60 bits per heavy atom. The third-order valence-electron chi connectivity index (χ3n) is 3.26. The van der Waals surface area contributed by atoms with Gasteiger partial charge in [0.1, 0.15) is 0 Å². The molecule has 1 aliphatic heterocycles. The second-order valence-electron chi connectivity index (χ2n) is 4.78. The van der Waals surface area contributed by atoms with E-state index in [2.05, 4.69) is 42.8 Å². The van der Waals surface area contributed by atoms with E-state index in [-0.39, 0.29) is 0 Å². The van der Waals surface area contributed by atoms with Crippen LogP contribution in [0.1, 0.15) is 38.8 Å². The van der Waals surface area contributed by atoms with Gasteiger partial charge in [0.15, 0.2) is 0 Å². The van der Waals surface area contributed by atoms with Crippen LogP contribution >= 0.6 is 0 Å². The first kappa shape index (κ1) is 10.5. The molecule has 82 valence electrons. The molecule has 1 aromatic rings. The highest BCUT2D eigenvalue weighted by molar-refractivity contribution is 5.47. The van der Waals surface area contributed by atoms with Crippen LogP contribution in [-0.2, 0) is 0 Å². The molecule has 0 amide bonds. The molecule has 1 aliphatic rings. The van der Waals surface area contributed by atoms with Crippen LogP contribution in [-0.4, -0.2) is 18.1 Å². The van der Waals surface area contributed by atoms with Crippen LogP contribution in [0.25, 0.3) is 0 Å². The van der Waals surface area contributed by atoms with Crippen molar-refractivity contribution in [1.29, 1.82) is 0 Å². The lowest BCUT2D eigenvalue weighted by atomic mass is 9.97. The third kappa shape index (κ3) is 2.14. The molecule has 2 rings (SSSR count). The summed E-state index contributed by atoms with van der Waals surface area (Å²) in [5, 5.41) is 0. The first-order valence-corrected chi connectivity index (χ1v) is 5.91. The van der Waals surface area contributed by atoms with Crippen LogP contribution in [0.3, 0.4) is 0 Å². The molecule has 0 bridgehead atoms. The highest BCUT2D eigenvalue weighted by Gasteiger charge is 2.25. The van der Waals surface area contributed by atoms with Crippen LogP contribution < -0.4 is 4.90 Å². The highest BCUT2D eigenvalue weighted by Crippen LogP contribution is 2.26. The van der Waals surface area contributed by atoms with Gasteiger partial charge in [0.25, 0.3) is 0 Å². The zero-order chi connectivity index (χ0) is 10.8. The normalized spacial score (nSPS) is 16.9. The van der Waals surface area contributed by atoms with Crippen molar-refractivity contribution in [2.24, 2.45) is 5.92 Å². The number of hydrogen-bond acceptors (Lipinski definition) is 2. The first-order chi connectivity index (χ1) is 7.20. The number of anilines is 1. The van der Waals surface area contributed by atoms with Gasteiger partial charge in [-0.25, -0.2) is 0 Å². The molecule has 0 saturated carbocycles. The molecule has 1 aromatic heterocycles. The maximum atomic E-state index is 4.49. The molecule has 2 heterocycles. The summed E-state index contributed by atoms with van der Waals surface area (Å²) in [4.78, 5) is 6.90. The van der Waals surface area contributed by atoms with Crippen molar-refractivity contribution in [3.05, 3.63) is 24.0 Å². The second-order valence-corrected chi connectivity index (χ2v) is 4.78. The summed E-state index contributed by atoms with van der Waals surface area (Å²) in [5.41, 5.74) is 2.47. The zero-order valence-corrected chi connectivity index (χ0v) is 9.90. The molecular weight excluding hydrogens is 184 g/mol. The van der Waals surface area contributed by atoms with Gasteiger partial charge in [0, 0.05) is 18.8 Å². The quantitative estimate of drug-likeness (QED) is 0.752. The Labute approximate surface area is 92.3 Å². The van der Waals surface area contributed by atoms with E-state index in [0.29, 0.717) is 5.92 Å². The summed E-state index contributed by atoms with van der Waals surface area (Å²) in [6.45, 7) is 9.04. The van der Waals surface area contributed by atoms with Crippen LogP contribution in [0.15, 0.2) is 18.3 Å². The van der Waals surface area contributed by atoms with Crippen LogP contribution in [0.5, 0.6) is 0 Å². The molecule has 0 atom stereocenters. The molecule has 0 spiro atoms. The van der Waals surface area contributed by atoms with Gasteiger partial charge < -0.3 is 4.90 Å². The largest absolute Gasteiger partial charge is 0.370 e. The fraction of sp³-hybridized carbons (Fsp3) is 0.615. The topological polar surface area (TPSA) is 16.1 Å².